The van der Waals surface area contributed by atoms with Crippen LogP contribution in [0.25, 0.3) is 0 Å². The van der Waals surface area contributed by atoms with E-state index in [9.17, 15) is 0 Å². The molecule has 0 fully saturated rings. The van der Waals surface area contributed by atoms with Crippen LogP contribution < -0.4 is 5.73 Å². The summed E-state index contributed by atoms with van der Waals surface area (Å²) in [7, 11) is 0. The molecule has 1 heteroatoms. The average Bonchev–Trinajstić information content (AvgIpc) is 2.53. The van der Waals surface area contributed by atoms with Crippen molar-refractivity contribution in [2.24, 2.45) is 5.73 Å². The third kappa shape index (κ3) is 4.44. The summed E-state index contributed by atoms with van der Waals surface area (Å²) >= 11 is 0. The molecule has 0 saturated carbocycles. The smallest absolute Gasteiger partial charge is 0.0298 e. The van der Waals surface area contributed by atoms with Crippen molar-refractivity contribution in [3.63, 3.8) is 0 Å². The van der Waals surface area contributed by atoms with Gasteiger partial charge >= 0.3 is 0 Å². The summed E-state index contributed by atoms with van der Waals surface area (Å²) in [4.78, 5) is 0. The molecular formula is C20H27N. The molecule has 0 radical (unpaired) electrons. The van der Waals surface area contributed by atoms with Gasteiger partial charge in [0.25, 0.3) is 0 Å². The fraction of sp³-hybridized carbons (Fsp3) is 0.400. The van der Waals surface area contributed by atoms with Gasteiger partial charge in [0.1, 0.15) is 0 Å². The van der Waals surface area contributed by atoms with E-state index in [0.717, 1.165) is 19.3 Å². The van der Waals surface area contributed by atoms with E-state index < -0.39 is 0 Å². The van der Waals surface area contributed by atoms with Crippen molar-refractivity contribution in [1.29, 1.82) is 0 Å². The highest BCUT2D eigenvalue weighted by Gasteiger charge is 2.07. The summed E-state index contributed by atoms with van der Waals surface area (Å²) < 4.78 is 0. The second kappa shape index (κ2) is 7.42. The summed E-state index contributed by atoms with van der Waals surface area (Å²) in [6.07, 6.45) is 3.13. The Hall–Kier alpha value is -1.60. The third-order valence-corrected chi connectivity index (χ3v) is 4.21. The van der Waals surface area contributed by atoms with Gasteiger partial charge in [0.05, 0.1) is 0 Å². The van der Waals surface area contributed by atoms with Crippen molar-refractivity contribution in [2.75, 3.05) is 0 Å². The zero-order valence-electron chi connectivity index (χ0n) is 13.5. The minimum atomic E-state index is 0.122. The maximum atomic E-state index is 6.33. The highest BCUT2D eigenvalue weighted by Crippen LogP contribution is 2.20. The van der Waals surface area contributed by atoms with E-state index in [1.807, 2.05) is 0 Å². The first-order chi connectivity index (χ1) is 10.1. The lowest BCUT2D eigenvalue weighted by atomic mass is 9.96. The summed E-state index contributed by atoms with van der Waals surface area (Å²) in [5.74, 6) is 0.576. The van der Waals surface area contributed by atoms with Crippen molar-refractivity contribution < 1.29 is 0 Å². The summed E-state index contributed by atoms with van der Waals surface area (Å²) in [5, 5.41) is 0. The Morgan fingerprint density at radius 1 is 0.810 bits per heavy atom. The standard InChI is InChI=1S/C20H27N/c1-4-16-5-7-17(8-6-16)9-14-20(21)19-12-10-18(11-13-19)15(2)3/h5-8,10-13,15,20H,4,9,14,21H2,1-3H3. The maximum absolute atomic E-state index is 6.33. The van der Waals surface area contributed by atoms with E-state index in [2.05, 4.69) is 69.3 Å². The Balaban J connectivity index is 1.92. The van der Waals surface area contributed by atoms with E-state index in [1.54, 1.807) is 0 Å². The second-order valence-corrected chi connectivity index (χ2v) is 6.14. The van der Waals surface area contributed by atoms with Crippen molar-refractivity contribution in [1.82, 2.24) is 0 Å². The van der Waals surface area contributed by atoms with E-state index in [0.29, 0.717) is 5.92 Å². The molecule has 0 aliphatic heterocycles. The molecule has 2 N–H and O–H groups in total. The highest BCUT2D eigenvalue weighted by molar-refractivity contribution is 5.27. The van der Waals surface area contributed by atoms with Crippen LogP contribution in [0.5, 0.6) is 0 Å². The molecule has 0 spiro atoms. The van der Waals surface area contributed by atoms with Crippen LogP contribution in [0.2, 0.25) is 0 Å². The van der Waals surface area contributed by atoms with Crippen LogP contribution in [0.4, 0.5) is 0 Å². The number of hydrogen-bond donors (Lipinski definition) is 1. The first kappa shape index (κ1) is 15.8. The van der Waals surface area contributed by atoms with Crippen LogP contribution in [0, 0.1) is 0 Å². The first-order valence-electron chi connectivity index (χ1n) is 8.03. The van der Waals surface area contributed by atoms with Crippen LogP contribution in [0.3, 0.4) is 0 Å². The molecule has 1 nitrogen and oxygen atoms in total. The molecule has 0 aliphatic carbocycles. The molecule has 21 heavy (non-hydrogen) atoms. The topological polar surface area (TPSA) is 26.0 Å². The SMILES string of the molecule is CCc1ccc(CCC(N)c2ccc(C(C)C)cc2)cc1. The number of rotatable bonds is 6. The lowest BCUT2D eigenvalue weighted by molar-refractivity contribution is 0.650. The Labute approximate surface area is 129 Å². The molecule has 0 aromatic heterocycles. The molecule has 0 saturated heterocycles. The van der Waals surface area contributed by atoms with E-state index in [4.69, 9.17) is 5.73 Å². The largest absolute Gasteiger partial charge is 0.324 e. The Morgan fingerprint density at radius 2 is 1.33 bits per heavy atom. The molecule has 112 valence electrons. The number of hydrogen-bond acceptors (Lipinski definition) is 1. The Morgan fingerprint density at radius 3 is 1.86 bits per heavy atom. The molecule has 0 aliphatic rings. The molecule has 2 aromatic rings. The molecule has 1 unspecified atom stereocenters. The van der Waals surface area contributed by atoms with Crippen molar-refractivity contribution in [3.8, 4) is 0 Å². The molecule has 1 atom stereocenters. The molecule has 0 bridgehead atoms. The van der Waals surface area contributed by atoms with Crippen LogP contribution in [-0.4, -0.2) is 0 Å². The fourth-order valence-corrected chi connectivity index (χ4v) is 2.56. The van der Waals surface area contributed by atoms with Gasteiger partial charge in [-0.3, -0.25) is 0 Å². The molecule has 2 aromatic carbocycles. The van der Waals surface area contributed by atoms with Crippen LogP contribution >= 0.6 is 0 Å². The third-order valence-electron chi connectivity index (χ3n) is 4.21. The Bertz CT molecular complexity index is 537. The van der Waals surface area contributed by atoms with E-state index in [-0.39, 0.29) is 6.04 Å². The lowest BCUT2D eigenvalue weighted by Crippen LogP contribution is -2.11. The van der Waals surface area contributed by atoms with Gasteiger partial charge in [0.15, 0.2) is 0 Å². The van der Waals surface area contributed by atoms with Gasteiger partial charge in [-0.15, -0.1) is 0 Å². The number of aryl methyl sites for hydroxylation is 2. The van der Waals surface area contributed by atoms with Gasteiger partial charge in [-0.2, -0.15) is 0 Å². The van der Waals surface area contributed by atoms with Gasteiger partial charge in [0.2, 0.25) is 0 Å². The summed E-state index contributed by atoms with van der Waals surface area (Å²) in [6.45, 7) is 6.62. The lowest BCUT2D eigenvalue weighted by Gasteiger charge is -2.14. The van der Waals surface area contributed by atoms with E-state index in [1.165, 1.54) is 22.3 Å². The van der Waals surface area contributed by atoms with Crippen LogP contribution in [0.15, 0.2) is 48.5 Å². The molecular weight excluding hydrogens is 254 g/mol. The normalized spacial score (nSPS) is 12.6. The van der Waals surface area contributed by atoms with Gasteiger partial charge < -0.3 is 5.73 Å². The van der Waals surface area contributed by atoms with Gasteiger partial charge in [0, 0.05) is 6.04 Å². The maximum Gasteiger partial charge on any atom is 0.0298 e. The van der Waals surface area contributed by atoms with Gasteiger partial charge in [-0.25, -0.2) is 0 Å². The van der Waals surface area contributed by atoms with Gasteiger partial charge in [-0.1, -0.05) is 69.3 Å². The van der Waals surface area contributed by atoms with Crippen LogP contribution in [0.1, 0.15) is 61.4 Å². The van der Waals surface area contributed by atoms with Crippen molar-refractivity contribution >= 4 is 0 Å². The molecule has 2 rings (SSSR count). The molecule has 0 heterocycles. The average molecular weight is 281 g/mol. The predicted molar refractivity (Wildman–Crippen MR) is 91.6 cm³/mol. The van der Waals surface area contributed by atoms with Crippen molar-refractivity contribution in [2.45, 2.75) is 52.0 Å². The monoisotopic (exact) mass is 281 g/mol. The zero-order chi connectivity index (χ0) is 15.2. The minimum Gasteiger partial charge on any atom is -0.324 e. The molecule has 0 amide bonds. The Kier molecular flexibility index (Phi) is 5.58. The first-order valence-corrected chi connectivity index (χ1v) is 8.03. The number of nitrogens with two attached hydrogens (primary N) is 1. The summed E-state index contributed by atoms with van der Waals surface area (Å²) in [5.41, 5.74) is 11.7. The fourth-order valence-electron chi connectivity index (χ4n) is 2.56. The van der Waals surface area contributed by atoms with Crippen LogP contribution in [-0.2, 0) is 12.8 Å². The highest BCUT2D eigenvalue weighted by atomic mass is 14.6. The number of benzene rings is 2. The quantitative estimate of drug-likeness (QED) is 0.791. The van der Waals surface area contributed by atoms with Gasteiger partial charge in [-0.05, 0) is 47.4 Å². The minimum absolute atomic E-state index is 0.122. The second-order valence-electron chi connectivity index (χ2n) is 6.14. The predicted octanol–water partition coefficient (Wildman–Crippen LogP) is 5.01. The zero-order valence-corrected chi connectivity index (χ0v) is 13.5. The van der Waals surface area contributed by atoms with E-state index >= 15 is 0 Å². The summed E-state index contributed by atoms with van der Waals surface area (Å²) in [6, 6.07) is 17.8. The van der Waals surface area contributed by atoms with Crippen molar-refractivity contribution in [3.05, 3.63) is 70.8 Å².